The minimum Gasteiger partial charge on any atom is -0.311 e. The molecule has 4 aromatic carbocycles. The highest BCUT2D eigenvalue weighted by Crippen LogP contribution is 2.65. The zero-order chi connectivity index (χ0) is 33.9. The highest BCUT2D eigenvalue weighted by molar-refractivity contribution is 5.86. The molecular formula is C50H43N. The Morgan fingerprint density at radius 2 is 1.27 bits per heavy atom. The highest BCUT2D eigenvalue weighted by atomic mass is 15.2. The van der Waals surface area contributed by atoms with E-state index in [4.69, 9.17) is 0 Å². The molecular weight excluding hydrogens is 615 g/mol. The molecule has 0 saturated heterocycles. The van der Waals surface area contributed by atoms with E-state index in [9.17, 15) is 0 Å². The lowest BCUT2D eigenvalue weighted by molar-refractivity contribution is 0.465. The van der Waals surface area contributed by atoms with Crippen LogP contribution in [-0.2, 0) is 5.41 Å². The normalized spacial score (nSPS) is 25.8. The van der Waals surface area contributed by atoms with Gasteiger partial charge in [-0.05, 0) is 88.4 Å². The number of fused-ring (bicyclic) bond motifs is 10. The lowest BCUT2D eigenvalue weighted by Crippen LogP contribution is -2.33. The van der Waals surface area contributed by atoms with Gasteiger partial charge in [0, 0.05) is 40.8 Å². The fourth-order valence-corrected chi connectivity index (χ4v) is 10.1. The third-order valence-corrected chi connectivity index (χ3v) is 12.4. The Hall–Kier alpha value is -5.40. The predicted molar refractivity (Wildman–Crippen MR) is 213 cm³/mol. The van der Waals surface area contributed by atoms with E-state index in [0.717, 1.165) is 19.3 Å². The molecule has 0 fully saturated rings. The largest absolute Gasteiger partial charge is 0.311 e. The van der Waals surface area contributed by atoms with Crippen molar-refractivity contribution < 1.29 is 0 Å². The first-order valence-electron chi connectivity index (χ1n) is 18.9. The van der Waals surface area contributed by atoms with Crippen LogP contribution in [0.25, 0.3) is 11.1 Å². The van der Waals surface area contributed by atoms with Crippen LogP contribution in [0.3, 0.4) is 0 Å². The first-order valence-corrected chi connectivity index (χ1v) is 18.9. The van der Waals surface area contributed by atoms with E-state index in [1.807, 2.05) is 0 Å². The number of hydrogen-bond acceptors (Lipinski definition) is 1. The van der Waals surface area contributed by atoms with Crippen LogP contribution in [0.15, 0.2) is 193 Å². The Morgan fingerprint density at radius 1 is 0.608 bits per heavy atom. The number of allylic oxidation sites excluding steroid dienone is 14. The van der Waals surface area contributed by atoms with E-state index in [1.165, 1.54) is 56.0 Å². The molecule has 0 heterocycles. The van der Waals surface area contributed by atoms with Crippen LogP contribution in [0.1, 0.15) is 65.8 Å². The topological polar surface area (TPSA) is 3.24 Å². The number of rotatable bonds is 5. The third-order valence-electron chi connectivity index (χ3n) is 12.4. The van der Waals surface area contributed by atoms with Gasteiger partial charge in [0.15, 0.2) is 0 Å². The van der Waals surface area contributed by atoms with Gasteiger partial charge in [-0.2, -0.15) is 0 Å². The van der Waals surface area contributed by atoms with Gasteiger partial charge < -0.3 is 4.90 Å². The number of nitrogens with zero attached hydrogens (tertiary/aromatic N) is 1. The minimum atomic E-state index is -0.245. The summed E-state index contributed by atoms with van der Waals surface area (Å²) in [5.74, 6) is 2.11. The molecule has 6 aliphatic rings. The molecule has 1 spiro atoms. The van der Waals surface area contributed by atoms with Crippen molar-refractivity contribution in [2.75, 3.05) is 4.90 Å². The first kappa shape index (κ1) is 30.4. The van der Waals surface area contributed by atoms with E-state index < -0.39 is 0 Å². The molecule has 10 rings (SSSR count). The molecule has 0 amide bonds. The van der Waals surface area contributed by atoms with Crippen molar-refractivity contribution in [2.45, 2.75) is 43.4 Å². The van der Waals surface area contributed by atoms with Gasteiger partial charge in [-0.15, -0.1) is 0 Å². The maximum Gasteiger partial charge on any atom is 0.0538 e. The quantitative estimate of drug-likeness (QED) is 0.206. The van der Waals surface area contributed by atoms with Gasteiger partial charge in [-0.1, -0.05) is 164 Å². The maximum atomic E-state index is 2.56. The van der Waals surface area contributed by atoms with Gasteiger partial charge in [-0.25, -0.2) is 0 Å². The molecule has 0 aromatic heterocycles. The summed E-state index contributed by atoms with van der Waals surface area (Å²) >= 11 is 0. The van der Waals surface area contributed by atoms with Crippen molar-refractivity contribution in [3.8, 4) is 11.1 Å². The molecule has 6 aliphatic carbocycles. The second-order valence-electron chi connectivity index (χ2n) is 15.2. The summed E-state index contributed by atoms with van der Waals surface area (Å²) < 4.78 is 0. The summed E-state index contributed by atoms with van der Waals surface area (Å²) in [5.41, 5.74) is 15.0. The van der Waals surface area contributed by atoms with E-state index >= 15 is 0 Å². The van der Waals surface area contributed by atoms with Crippen LogP contribution in [-0.4, -0.2) is 0 Å². The van der Waals surface area contributed by atoms with Gasteiger partial charge in [0.2, 0.25) is 0 Å². The van der Waals surface area contributed by atoms with Crippen molar-refractivity contribution >= 4 is 5.69 Å². The number of hydrogen-bond donors (Lipinski definition) is 0. The highest BCUT2D eigenvalue weighted by Gasteiger charge is 2.57. The van der Waals surface area contributed by atoms with Crippen LogP contribution >= 0.6 is 0 Å². The second-order valence-corrected chi connectivity index (χ2v) is 15.2. The molecule has 248 valence electrons. The SMILES string of the molecule is CC1C=CC=C(C2C=CC(N(C3=CCC(c4ccccc4)C=C3)c3ccc4c(c3)C3(c5ccccc5-c5ccccc53)C3C=CC=CC43)=CC2)C1. The fraction of sp³-hybridized carbons (Fsp3) is 0.200. The summed E-state index contributed by atoms with van der Waals surface area (Å²) in [7, 11) is 0. The Labute approximate surface area is 302 Å². The summed E-state index contributed by atoms with van der Waals surface area (Å²) in [4.78, 5) is 2.54. The lowest BCUT2D eigenvalue weighted by Gasteiger charge is -2.37. The van der Waals surface area contributed by atoms with E-state index in [2.05, 4.69) is 188 Å². The standard InChI is InChI=1S/C50H43N/c1-34-12-11-15-38(32-34)37-24-28-40(29-25-37)51(39-26-22-36(23-27-39)35-13-3-2-4-14-35)41-30-31-45-44-18-7-10-21-48(44)50(49(45)33-41)46-19-8-5-16-42(46)43-17-6-9-20-47(43)50/h2-22,24,26-31,33-34,36-37,44,48H,23,25,32H2,1H3. The second kappa shape index (κ2) is 12.1. The van der Waals surface area contributed by atoms with Gasteiger partial charge >= 0.3 is 0 Å². The summed E-state index contributed by atoms with van der Waals surface area (Å²) in [6.45, 7) is 2.33. The van der Waals surface area contributed by atoms with Crippen LogP contribution in [0.2, 0.25) is 0 Å². The Kier molecular flexibility index (Phi) is 7.24. The van der Waals surface area contributed by atoms with E-state index in [0.29, 0.717) is 29.6 Å². The zero-order valence-electron chi connectivity index (χ0n) is 29.2. The molecule has 0 bridgehead atoms. The van der Waals surface area contributed by atoms with Crippen molar-refractivity contribution in [1.82, 2.24) is 0 Å². The van der Waals surface area contributed by atoms with E-state index in [1.54, 1.807) is 5.57 Å². The van der Waals surface area contributed by atoms with Gasteiger partial charge in [-0.3, -0.25) is 0 Å². The van der Waals surface area contributed by atoms with Crippen molar-refractivity contribution in [1.29, 1.82) is 0 Å². The molecule has 1 nitrogen and oxygen atoms in total. The molecule has 1 heteroatoms. The first-order chi connectivity index (χ1) is 25.2. The Balaban J connectivity index is 1.11. The Bertz CT molecular complexity index is 2240. The molecule has 4 aromatic rings. The van der Waals surface area contributed by atoms with Crippen LogP contribution in [0, 0.1) is 17.8 Å². The summed E-state index contributed by atoms with van der Waals surface area (Å²) in [6.07, 6.45) is 34.1. The van der Waals surface area contributed by atoms with Crippen LogP contribution in [0.5, 0.6) is 0 Å². The van der Waals surface area contributed by atoms with E-state index in [-0.39, 0.29) is 5.41 Å². The lowest BCUT2D eigenvalue weighted by atomic mass is 9.65. The van der Waals surface area contributed by atoms with Crippen LogP contribution < -0.4 is 4.90 Å². The van der Waals surface area contributed by atoms with Gasteiger partial charge in [0.1, 0.15) is 0 Å². The van der Waals surface area contributed by atoms with Gasteiger partial charge in [0.05, 0.1) is 5.41 Å². The van der Waals surface area contributed by atoms with Crippen LogP contribution in [0.4, 0.5) is 5.69 Å². The van der Waals surface area contributed by atoms with Gasteiger partial charge in [0.25, 0.3) is 0 Å². The van der Waals surface area contributed by atoms with Crippen molar-refractivity contribution in [2.24, 2.45) is 17.8 Å². The molecule has 5 atom stereocenters. The smallest absolute Gasteiger partial charge is 0.0538 e. The third kappa shape index (κ3) is 4.75. The number of benzene rings is 4. The van der Waals surface area contributed by atoms with Crippen molar-refractivity contribution in [3.63, 3.8) is 0 Å². The average molecular weight is 658 g/mol. The number of anilines is 1. The molecule has 5 unspecified atom stereocenters. The summed E-state index contributed by atoms with van der Waals surface area (Å²) in [5, 5.41) is 0. The van der Waals surface area contributed by atoms with Crippen molar-refractivity contribution in [3.05, 3.63) is 221 Å². The fourth-order valence-electron chi connectivity index (χ4n) is 10.1. The zero-order valence-corrected chi connectivity index (χ0v) is 29.2. The summed E-state index contributed by atoms with van der Waals surface area (Å²) in [6, 6.07) is 36.7. The minimum absolute atomic E-state index is 0.245. The molecule has 51 heavy (non-hydrogen) atoms. The molecule has 0 aliphatic heterocycles. The molecule has 0 saturated carbocycles. The predicted octanol–water partition coefficient (Wildman–Crippen LogP) is 12.3. The Morgan fingerprint density at radius 3 is 1.96 bits per heavy atom. The maximum absolute atomic E-state index is 2.56. The monoisotopic (exact) mass is 657 g/mol. The average Bonchev–Trinajstić information content (AvgIpc) is 3.66. The molecule has 0 radical (unpaired) electrons. The molecule has 0 N–H and O–H groups in total.